The summed E-state index contributed by atoms with van der Waals surface area (Å²) < 4.78 is 38.3. The molecular weight excluding hydrogens is 379 g/mol. The summed E-state index contributed by atoms with van der Waals surface area (Å²) >= 11 is 6.44. The normalized spacial score (nSPS) is 16.6. The number of benzene rings is 2. The molecule has 7 heteroatoms. The number of hydrogen-bond donors (Lipinski definition) is 0. The van der Waals surface area contributed by atoms with Gasteiger partial charge in [0.15, 0.2) is 0 Å². The Labute approximate surface area is 158 Å². The van der Waals surface area contributed by atoms with Gasteiger partial charge in [-0.15, -0.1) is 0 Å². The maximum Gasteiger partial charge on any atom is 0.416 e. The number of carbonyl (C=O) groups excluding carboxylic acids is 1. The topological polar surface area (TPSA) is 20.3 Å². The van der Waals surface area contributed by atoms with Gasteiger partial charge in [-0.05, 0) is 36.3 Å². The number of hydrogen-bond acceptors (Lipinski definition) is 3. The second-order valence-electron chi connectivity index (χ2n) is 5.87. The molecule has 2 aromatic carbocycles. The molecule has 1 amide bonds. The Kier molecular flexibility index (Phi) is 5.20. The lowest BCUT2D eigenvalue weighted by Gasteiger charge is -2.14. The summed E-state index contributed by atoms with van der Waals surface area (Å²) in [5.74, 6) is -0.236. The first-order valence-electron chi connectivity index (χ1n) is 7.72. The molecule has 1 fully saturated rings. The molecule has 0 atom stereocenters. The molecule has 26 heavy (non-hydrogen) atoms. The van der Waals surface area contributed by atoms with Crippen LogP contribution in [0.3, 0.4) is 0 Å². The minimum atomic E-state index is -4.38. The molecule has 0 aromatic heterocycles. The van der Waals surface area contributed by atoms with Crippen molar-refractivity contribution in [2.75, 3.05) is 0 Å². The molecule has 0 saturated carbocycles. The lowest BCUT2D eigenvalue weighted by atomic mass is 10.1. The number of thioether (sulfide) groups is 1. The maximum absolute atomic E-state index is 12.6. The van der Waals surface area contributed by atoms with Gasteiger partial charge in [0.25, 0.3) is 5.91 Å². The Morgan fingerprint density at radius 3 is 2.27 bits per heavy atom. The standard InChI is InChI=1S/C19H14F3NOS2/c1-12-2-4-14(5-3-12)11-23-17(24)16(26-18(23)25)10-13-6-8-15(9-7-13)19(20,21)22/h2-10H,11H2,1H3/b16-10+. The van der Waals surface area contributed by atoms with Crippen molar-refractivity contribution < 1.29 is 18.0 Å². The summed E-state index contributed by atoms with van der Waals surface area (Å²) in [6.45, 7) is 2.35. The highest BCUT2D eigenvalue weighted by Crippen LogP contribution is 2.34. The van der Waals surface area contributed by atoms with Crippen molar-refractivity contribution in [1.29, 1.82) is 0 Å². The molecule has 1 heterocycles. The van der Waals surface area contributed by atoms with Gasteiger partial charge in [0.1, 0.15) is 4.32 Å². The van der Waals surface area contributed by atoms with Crippen molar-refractivity contribution in [3.05, 3.63) is 75.7 Å². The third-order valence-electron chi connectivity index (χ3n) is 3.87. The Bertz CT molecular complexity index is 871. The second kappa shape index (κ2) is 7.25. The zero-order valence-corrected chi connectivity index (χ0v) is 15.3. The van der Waals surface area contributed by atoms with Crippen molar-refractivity contribution in [1.82, 2.24) is 4.90 Å². The van der Waals surface area contributed by atoms with Crippen LogP contribution in [0.25, 0.3) is 6.08 Å². The fourth-order valence-corrected chi connectivity index (χ4v) is 3.69. The van der Waals surface area contributed by atoms with E-state index in [1.54, 1.807) is 6.08 Å². The van der Waals surface area contributed by atoms with Crippen molar-refractivity contribution in [2.45, 2.75) is 19.6 Å². The zero-order valence-electron chi connectivity index (χ0n) is 13.7. The van der Waals surface area contributed by atoms with E-state index in [-0.39, 0.29) is 5.91 Å². The maximum atomic E-state index is 12.6. The zero-order chi connectivity index (χ0) is 18.9. The van der Waals surface area contributed by atoms with E-state index in [9.17, 15) is 18.0 Å². The Balaban J connectivity index is 1.77. The first-order valence-corrected chi connectivity index (χ1v) is 8.95. The number of alkyl halides is 3. The quantitative estimate of drug-likeness (QED) is 0.513. The first kappa shape index (κ1) is 18.7. The summed E-state index contributed by atoms with van der Waals surface area (Å²) in [5.41, 5.74) is 1.89. The van der Waals surface area contributed by atoms with Crippen LogP contribution in [0.15, 0.2) is 53.4 Å². The minimum absolute atomic E-state index is 0.236. The van der Waals surface area contributed by atoms with Crippen molar-refractivity contribution in [3.8, 4) is 0 Å². The molecule has 0 radical (unpaired) electrons. The van der Waals surface area contributed by atoms with Gasteiger partial charge >= 0.3 is 6.18 Å². The third kappa shape index (κ3) is 4.16. The van der Waals surface area contributed by atoms with Crippen LogP contribution in [-0.4, -0.2) is 15.1 Å². The average Bonchev–Trinajstić information content (AvgIpc) is 2.84. The van der Waals surface area contributed by atoms with E-state index in [4.69, 9.17) is 12.2 Å². The van der Waals surface area contributed by atoms with Gasteiger partial charge < -0.3 is 0 Å². The summed E-state index contributed by atoms with van der Waals surface area (Å²) in [5, 5.41) is 0. The van der Waals surface area contributed by atoms with Crippen molar-refractivity contribution in [3.63, 3.8) is 0 Å². The predicted molar refractivity (Wildman–Crippen MR) is 101 cm³/mol. The molecule has 1 aliphatic heterocycles. The molecule has 1 aliphatic rings. The highest BCUT2D eigenvalue weighted by Gasteiger charge is 2.32. The van der Waals surface area contributed by atoms with Gasteiger partial charge in [0.05, 0.1) is 17.0 Å². The van der Waals surface area contributed by atoms with Gasteiger partial charge in [-0.2, -0.15) is 13.2 Å². The van der Waals surface area contributed by atoms with Gasteiger partial charge in [0, 0.05) is 0 Å². The number of aryl methyl sites for hydroxylation is 1. The van der Waals surface area contributed by atoms with Crippen LogP contribution in [0, 0.1) is 6.92 Å². The van der Waals surface area contributed by atoms with Crippen LogP contribution in [0.5, 0.6) is 0 Å². The van der Waals surface area contributed by atoms with Gasteiger partial charge in [-0.1, -0.05) is 65.9 Å². The second-order valence-corrected chi connectivity index (χ2v) is 7.55. The number of nitrogens with zero attached hydrogens (tertiary/aromatic N) is 1. The molecule has 0 unspecified atom stereocenters. The lowest BCUT2D eigenvalue weighted by molar-refractivity contribution is -0.137. The third-order valence-corrected chi connectivity index (χ3v) is 5.25. The van der Waals surface area contributed by atoms with Crippen LogP contribution in [0.1, 0.15) is 22.3 Å². The molecule has 0 N–H and O–H groups in total. The lowest BCUT2D eigenvalue weighted by Crippen LogP contribution is -2.27. The number of thiocarbonyl (C=S) groups is 1. The van der Waals surface area contributed by atoms with Crippen LogP contribution >= 0.6 is 24.0 Å². The molecule has 2 aromatic rings. The monoisotopic (exact) mass is 393 g/mol. The van der Waals surface area contributed by atoms with Crippen LogP contribution < -0.4 is 0 Å². The highest BCUT2D eigenvalue weighted by atomic mass is 32.2. The van der Waals surface area contributed by atoms with E-state index in [2.05, 4.69) is 0 Å². The van der Waals surface area contributed by atoms with E-state index < -0.39 is 11.7 Å². The first-order chi connectivity index (χ1) is 12.2. The number of carbonyl (C=O) groups is 1. The molecule has 3 rings (SSSR count). The van der Waals surface area contributed by atoms with Gasteiger partial charge in [-0.25, -0.2) is 0 Å². The Morgan fingerprint density at radius 1 is 1.08 bits per heavy atom. The van der Waals surface area contributed by atoms with Crippen LogP contribution in [0.4, 0.5) is 13.2 Å². The fraction of sp³-hybridized carbons (Fsp3) is 0.158. The fourth-order valence-electron chi connectivity index (χ4n) is 2.43. The molecule has 134 valence electrons. The molecule has 0 bridgehead atoms. The van der Waals surface area contributed by atoms with E-state index in [0.717, 1.165) is 35.0 Å². The molecule has 0 aliphatic carbocycles. The van der Waals surface area contributed by atoms with Crippen LogP contribution in [0.2, 0.25) is 0 Å². The van der Waals surface area contributed by atoms with E-state index >= 15 is 0 Å². The summed E-state index contributed by atoms with van der Waals surface area (Å²) in [7, 11) is 0. The number of halogens is 3. The SMILES string of the molecule is Cc1ccc(CN2C(=O)/C(=C\c3ccc(C(F)(F)F)cc3)SC2=S)cc1. The number of amides is 1. The van der Waals surface area contributed by atoms with E-state index in [1.165, 1.54) is 17.0 Å². The summed E-state index contributed by atoms with van der Waals surface area (Å²) in [4.78, 5) is 14.5. The van der Waals surface area contributed by atoms with Crippen molar-refractivity contribution in [2.24, 2.45) is 0 Å². The Hall–Kier alpha value is -2.12. The molecule has 1 saturated heterocycles. The molecule has 2 nitrogen and oxygen atoms in total. The van der Waals surface area contributed by atoms with Gasteiger partial charge in [-0.3, -0.25) is 9.69 Å². The van der Waals surface area contributed by atoms with E-state index in [0.29, 0.717) is 21.3 Å². The van der Waals surface area contributed by atoms with Crippen molar-refractivity contribution >= 4 is 40.3 Å². The summed E-state index contributed by atoms with van der Waals surface area (Å²) in [6, 6.07) is 12.5. The molecular formula is C19H14F3NOS2. The van der Waals surface area contributed by atoms with Gasteiger partial charge in [0.2, 0.25) is 0 Å². The average molecular weight is 393 g/mol. The highest BCUT2D eigenvalue weighted by molar-refractivity contribution is 8.26. The molecule has 0 spiro atoms. The Morgan fingerprint density at radius 2 is 1.69 bits per heavy atom. The minimum Gasteiger partial charge on any atom is -0.288 e. The summed E-state index contributed by atoms with van der Waals surface area (Å²) in [6.07, 6.45) is -2.81. The largest absolute Gasteiger partial charge is 0.416 e. The van der Waals surface area contributed by atoms with Crippen LogP contribution in [-0.2, 0) is 17.5 Å². The number of rotatable bonds is 3. The van der Waals surface area contributed by atoms with E-state index in [1.807, 2.05) is 31.2 Å². The smallest absolute Gasteiger partial charge is 0.288 e. The predicted octanol–water partition coefficient (Wildman–Crippen LogP) is 5.42.